The van der Waals surface area contributed by atoms with Gasteiger partial charge in [-0.3, -0.25) is 37.3 Å². The number of carbonyl (C=O) groups excluding carboxylic acids is 4. The van der Waals surface area contributed by atoms with Gasteiger partial charge < -0.3 is 33.8 Å². The first-order valence-electron chi connectivity index (χ1n) is 39.5. The molecule has 0 aliphatic heterocycles. The molecular weight excluding hydrogens is 1250 g/mol. The first-order valence-corrected chi connectivity index (χ1v) is 42.5. The zero-order valence-corrected chi connectivity index (χ0v) is 63.8. The van der Waals surface area contributed by atoms with Crippen LogP contribution < -0.4 is 0 Å². The van der Waals surface area contributed by atoms with E-state index < -0.39 is 97.5 Å². The molecule has 2 unspecified atom stereocenters. The Morgan fingerprint density at radius 3 is 0.716 bits per heavy atom. The molecule has 17 nitrogen and oxygen atoms in total. The van der Waals surface area contributed by atoms with Gasteiger partial charge in [0, 0.05) is 25.7 Å². The van der Waals surface area contributed by atoms with E-state index in [1.54, 1.807) is 0 Å². The van der Waals surface area contributed by atoms with Crippen molar-refractivity contribution in [3.63, 3.8) is 0 Å². The summed E-state index contributed by atoms with van der Waals surface area (Å²) in [4.78, 5) is 72.5. The van der Waals surface area contributed by atoms with Crippen LogP contribution in [0.4, 0.5) is 0 Å². The molecule has 95 heavy (non-hydrogen) atoms. The molecule has 5 atom stereocenters. The highest BCUT2D eigenvalue weighted by atomic mass is 31.2. The average Bonchev–Trinajstić information content (AvgIpc) is 1.61. The maximum Gasteiger partial charge on any atom is 0.472 e. The first kappa shape index (κ1) is 93.1. The molecule has 0 aliphatic carbocycles. The van der Waals surface area contributed by atoms with Crippen molar-refractivity contribution < 1.29 is 80.2 Å². The fourth-order valence-corrected chi connectivity index (χ4v) is 13.2. The summed E-state index contributed by atoms with van der Waals surface area (Å²) in [5.41, 5.74) is 0. The predicted octanol–water partition coefficient (Wildman–Crippen LogP) is 22.3. The molecule has 0 saturated heterocycles. The summed E-state index contributed by atoms with van der Waals surface area (Å²) < 4.78 is 68.3. The average molecular weight is 1400 g/mol. The molecule has 0 bridgehead atoms. The van der Waals surface area contributed by atoms with E-state index in [-0.39, 0.29) is 25.7 Å². The van der Waals surface area contributed by atoms with Gasteiger partial charge in [0.05, 0.1) is 26.4 Å². The standard InChI is InChI=1S/C76H148O17P2/c1-7-9-11-13-14-15-16-17-18-19-20-21-22-23-28-31-37-42-48-54-60-76(81)93-72(65-87-74(79)59-53-47-41-36-30-27-25-24-26-29-34-39-45-50-56-68(3)4)67-91-95(84,85)89-63-70(77)62-88-94(82,83)90-66-71(64-86-73(78)58-52-44-12-10-8-2)92-75(80)61-55-49-43-38-33-32-35-40-46-51-57-69(5)6/h68-72,77H,7-67H2,1-6H3,(H,82,83)(H,84,85)/t70-,71+,72+/m0/s1. The first-order chi connectivity index (χ1) is 45.9. The number of aliphatic hydroxyl groups excluding tert-OH is 1. The molecule has 0 aromatic carbocycles. The van der Waals surface area contributed by atoms with E-state index in [1.807, 2.05) is 0 Å². The van der Waals surface area contributed by atoms with Crippen LogP contribution in [-0.2, 0) is 65.4 Å². The third-order valence-electron chi connectivity index (χ3n) is 17.7. The molecule has 0 aromatic rings. The normalized spacial score (nSPS) is 14.0. The van der Waals surface area contributed by atoms with E-state index in [9.17, 15) is 43.2 Å². The largest absolute Gasteiger partial charge is 0.472 e. The van der Waals surface area contributed by atoms with E-state index in [0.717, 1.165) is 108 Å². The lowest BCUT2D eigenvalue weighted by Crippen LogP contribution is -2.30. The van der Waals surface area contributed by atoms with E-state index in [1.165, 1.54) is 205 Å². The maximum atomic E-state index is 13.1. The molecule has 19 heteroatoms. The van der Waals surface area contributed by atoms with E-state index in [0.29, 0.717) is 25.7 Å². The molecule has 564 valence electrons. The summed E-state index contributed by atoms with van der Waals surface area (Å²) in [6.45, 7) is 9.52. The predicted molar refractivity (Wildman–Crippen MR) is 386 cm³/mol. The number of hydrogen-bond donors (Lipinski definition) is 3. The minimum Gasteiger partial charge on any atom is -0.462 e. The molecule has 0 radical (unpaired) electrons. The quantitative estimate of drug-likeness (QED) is 0.0222. The van der Waals surface area contributed by atoms with Crippen molar-refractivity contribution >= 4 is 39.5 Å². The molecule has 0 aliphatic rings. The van der Waals surface area contributed by atoms with Crippen molar-refractivity contribution in [1.82, 2.24) is 0 Å². The monoisotopic (exact) mass is 1400 g/mol. The molecule has 0 spiro atoms. The summed E-state index contributed by atoms with van der Waals surface area (Å²) in [7, 11) is -9.90. The summed E-state index contributed by atoms with van der Waals surface area (Å²) in [5.74, 6) is -0.576. The summed E-state index contributed by atoms with van der Waals surface area (Å²) in [6.07, 6.45) is 56.0. The zero-order chi connectivity index (χ0) is 70.0. The molecule has 3 N–H and O–H groups in total. The molecule has 0 amide bonds. The minimum absolute atomic E-state index is 0.105. The fourth-order valence-electron chi connectivity index (χ4n) is 11.7. The molecule has 0 fully saturated rings. The lowest BCUT2D eigenvalue weighted by Gasteiger charge is -2.21. The summed E-state index contributed by atoms with van der Waals surface area (Å²) >= 11 is 0. The van der Waals surface area contributed by atoms with Crippen LogP contribution in [0.2, 0.25) is 0 Å². The van der Waals surface area contributed by atoms with Crippen LogP contribution in [0.3, 0.4) is 0 Å². The van der Waals surface area contributed by atoms with Crippen LogP contribution >= 0.6 is 15.6 Å². The maximum absolute atomic E-state index is 13.1. The van der Waals surface area contributed by atoms with Crippen molar-refractivity contribution in [2.45, 2.75) is 413 Å². The van der Waals surface area contributed by atoms with Gasteiger partial charge in [0.1, 0.15) is 19.3 Å². The number of carbonyl (C=O) groups is 4. The molecule has 0 rings (SSSR count). The Balaban J connectivity index is 5.13. The molecular formula is C76H148O17P2. The van der Waals surface area contributed by atoms with Crippen molar-refractivity contribution in [2.75, 3.05) is 39.6 Å². The minimum atomic E-state index is -4.96. The number of esters is 4. The van der Waals surface area contributed by atoms with Crippen LogP contribution in [0.25, 0.3) is 0 Å². The van der Waals surface area contributed by atoms with Crippen molar-refractivity contribution in [3.8, 4) is 0 Å². The number of ether oxygens (including phenoxy) is 4. The van der Waals surface area contributed by atoms with Gasteiger partial charge in [-0.1, -0.05) is 343 Å². The number of aliphatic hydroxyl groups is 1. The van der Waals surface area contributed by atoms with E-state index >= 15 is 0 Å². The Morgan fingerprint density at radius 2 is 0.484 bits per heavy atom. The lowest BCUT2D eigenvalue weighted by atomic mass is 10.0. The van der Waals surface area contributed by atoms with Crippen molar-refractivity contribution in [3.05, 3.63) is 0 Å². The highest BCUT2D eigenvalue weighted by Crippen LogP contribution is 2.45. The fraction of sp³-hybridized carbons (Fsp3) is 0.947. The Bertz CT molecular complexity index is 1840. The Hall–Kier alpha value is -1.94. The topological polar surface area (TPSA) is 237 Å². The van der Waals surface area contributed by atoms with E-state index in [2.05, 4.69) is 41.5 Å². The van der Waals surface area contributed by atoms with Crippen LogP contribution in [0.5, 0.6) is 0 Å². The Kier molecular flexibility index (Phi) is 66.5. The van der Waals surface area contributed by atoms with Crippen molar-refractivity contribution in [2.24, 2.45) is 11.8 Å². The highest BCUT2D eigenvalue weighted by Gasteiger charge is 2.30. The summed E-state index contributed by atoms with van der Waals surface area (Å²) in [5, 5.41) is 10.6. The SMILES string of the molecule is CCCCCCCCCCCCCCCCCCCCCCC(=O)O[C@H](COC(=O)CCCCCCCCCCCCCCCCC(C)C)COP(=O)(O)OC[C@@H](O)COP(=O)(O)OC[C@@H](COC(=O)CCCCCCC)OC(=O)CCCCCCCCCCCCC(C)C. The van der Waals surface area contributed by atoms with Crippen molar-refractivity contribution in [1.29, 1.82) is 0 Å². The van der Waals surface area contributed by atoms with Crippen LogP contribution in [0, 0.1) is 11.8 Å². The third-order valence-corrected chi connectivity index (χ3v) is 19.6. The van der Waals surface area contributed by atoms with Gasteiger partial charge in [-0.25, -0.2) is 9.13 Å². The molecule has 0 saturated carbocycles. The highest BCUT2D eigenvalue weighted by molar-refractivity contribution is 7.47. The van der Waals surface area contributed by atoms with Gasteiger partial charge in [-0.05, 0) is 37.5 Å². The number of phosphoric ester groups is 2. The van der Waals surface area contributed by atoms with Gasteiger partial charge in [0.15, 0.2) is 12.2 Å². The Labute approximate surface area is 581 Å². The van der Waals surface area contributed by atoms with Crippen LogP contribution in [0.1, 0.15) is 395 Å². The molecule has 0 heterocycles. The van der Waals surface area contributed by atoms with Crippen LogP contribution in [-0.4, -0.2) is 96.7 Å². The molecule has 0 aromatic heterocycles. The van der Waals surface area contributed by atoms with Gasteiger partial charge in [0.2, 0.25) is 0 Å². The number of hydrogen-bond acceptors (Lipinski definition) is 15. The number of phosphoric acid groups is 2. The lowest BCUT2D eigenvalue weighted by molar-refractivity contribution is -0.161. The van der Waals surface area contributed by atoms with Gasteiger partial charge in [-0.2, -0.15) is 0 Å². The zero-order valence-electron chi connectivity index (χ0n) is 62.0. The van der Waals surface area contributed by atoms with Gasteiger partial charge in [0.25, 0.3) is 0 Å². The number of unbranched alkanes of at least 4 members (excludes halogenated alkanes) is 45. The second-order valence-electron chi connectivity index (χ2n) is 28.3. The number of rotatable bonds is 75. The second kappa shape index (κ2) is 67.9. The smallest absolute Gasteiger partial charge is 0.462 e. The third kappa shape index (κ3) is 70.3. The van der Waals surface area contributed by atoms with Gasteiger partial charge in [-0.15, -0.1) is 0 Å². The van der Waals surface area contributed by atoms with E-state index in [4.69, 9.17) is 37.0 Å². The Morgan fingerprint density at radius 1 is 0.284 bits per heavy atom. The van der Waals surface area contributed by atoms with Gasteiger partial charge >= 0.3 is 39.5 Å². The summed E-state index contributed by atoms with van der Waals surface area (Å²) in [6, 6.07) is 0. The van der Waals surface area contributed by atoms with Crippen LogP contribution in [0.15, 0.2) is 0 Å². The second-order valence-corrected chi connectivity index (χ2v) is 31.3.